The zero-order valence-electron chi connectivity index (χ0n) is 14.7. The molecule has 4 aromatic rings. The third kappa shape index (κ3) is 4.04. The van der Waals surface area contributed by atoms with Crippen LogP contribution < -0.4 is 5.32 Å². The molecule has 5 heteroatoms. The second kappa shape index (κ2) is 8.29. The van der Waals surface area contributed by atoms with Crippen LogP contribution in [0, 0.1) is 0 Å². The Morgan fingerprint density at radius 3 is 0.963 bits per heavy atom. The van der Waals surface area contributed by atoms with Crippen molar-refractivity contribution in [2.45, 2.75) is 12.1 Å². The van der Waals surface area contributed by atoms with E-state index in [2.05, 4.69) is 25.3 Å². The van der Waals surface area contributed by atoms with E-state index >= 15 is 0 Å². The van der Waals surface area contributed by atoms with E-state index in [1.54, 1.807) is 24.8 Å². The highest BCUT2D eigenvalue weighted by Gasteiger charge is 2.24. The molecule has 4 heterocycles. The van der Waals surface area contributed by atoms with Gasteiger partial charge in [-0.3, -0.25) is 25.3 Å². The minimum Gasteiger partial charge on any atom is -0.290 e. The fraction of sp³-hybridized carbons (Fsp3) is 0.0909. The average molecular weight is 353 g/mol. The molecule has 0 saturated carbocycles. The van der Waals surface area contributed by atoms with Crippen molar-refractivity contribution in [3.05, 3.63) is 120 Å². The lowest BCUT2D eigenvalue weighted by atomic mass is 10.0. The molecule has 0 aliphatic carbocycles. The SMILES string of the molecule is c1ccc(C(NC(c2ccccn2)c2ccccn2)c2ccccn2)nc1. The van der Waals surface area contributed by atoms with E-state index < -0.39 is 0 Å². The largest absolute Gasteiger partial charge is 0.290 e. The van der Waals surface area contributed by atoms with Gasteiger partial charge in [-0.2, -0.15) is 0 Å². The Hall–Kier alpha value is -3.44. The molecule has 0 aromatic carbocycles. The van der Waals surface area contributed by atoms with Crippen molar-refractivity contribution in [3.8, 4) is 0 Å². The summed E-state index contributed by atoms with van der Waals surface area (Å²) in [6.07, 6.45) is 7.18. The fourth-order valence-corrected chi connectivity index (χ4v) is 3.00. The Kier molecular flexibility index (Phi) is 5.22. The molecule has 0 saturated heterocycles. The Balaban J connectivity index is 1.77. The first kappa shape index (κ1) is 17.0. The van der Waals surface area contributed by atoms with E-state index in [0.717, 1.165) is 22.8 Å². The first-order valence-corrected chi connectivity index (χ1v) is 8.81. The van der Waals surface area contributed by atoms with Gasteiger partial charge < -0.3 is 0 Å². The van der Waals surface area contributed by atoms with Gasteiger partial charge in [-0.15, -0.1) is 0 Å². The lowest BCUT2D eigenvalue weighted by Gasteiger charge is -2.25. The van der Waals surface area contributed by atoms with Crippen molar-refractivity contribution >= 4 is 0 Å². The summed E-state index contributed by atoms with van der Waals surface area (Å²) >= 11 is 0. The van der Waals surface area contributed by atoms with Crippen LogP contribution in [-0.2, 0) is 0 Å². The van der Waals surface area contributed by atoms with Gasteiger partial charge in [0.15, 0.2) is 0 Å². The molecule has 27 heavy (non-hydrogen) atoms. The van der Waals surface area contributed by atoms with Crippen LogP contribution in [0.5, 0.6) is 0 Å². The van der Waals surface area contributed by atoms with Crippen LogP contribution >= 0.6 is 0 Å². The smallest absolute Gasteiger partial charge is 0.0933 e. The van der Waals surface area contributed by atoms with Gasteiger partial charge in [-0.25, -0.2) is 0 Å². The number of aromatic nitrogens is 4. The summed E-state index contributed by atoms with van der Waals surface area (Å²) in [5, 5.41) is 3.67. The van der Waals surface area contributed by atoms with Crippen molar-refractivity contribution in [2.24, 2.45) is 0 Å². The first-order chi connectivity index (χ1) is 13.4. The summed E-state index contributed by atoms with van der Waals surface area (Å²) in [6.45, 7) is 0. The average Bonchev–Trinajstić information content (AvgIpc) is 2.77. The van der Waals surface area contributed by atoms with Crippen molar-refractivity contribution in [3.63, 3.8) is 0 Å². The molecule has 4 rings (SSSR count). The number of pyridine rings is 4. The molecule has 0 unspecified atom stereocenters. The maximum Gasteiger partial charge on any atom is 0.0933 e. The molecular weight excluding hydrogens is 334 g/mol. The second-order valence-electron chi connectivity index (χ2n) is 6.05. The van der Waals surface area contributed by atoms with Gasteiger partial charge in [0.25, 0.3) is 0 Å². The second-order valence-corrected chi connectivity index (χ2v) is 6.05. The number of nitrogens with one attached hydrogen (secondary N) is 1. The molecule has 4 aromatic heterocycles. The third-order valence-corrected chi connectivity index (χ3v) is 4.27. The van der Waals surface area contributed by atoms with Gasteiger partial charge in [-0.05, 0) is 48.5 Å². The van der Waals surface area contributed by atoms with Crippen molar-refractivity contribution in [1.29, 1.82) is 0 Å². The fourth-order valence-electron chi connectivity index (χ4n) is 3.00. The van der Waals surface area contributed by atoms with Crippen LogP contribution in [0.1, 0.15) is 34.9 Å². The monoisotopic (exact) mass is 353 g/mol. The number of nitrogens with zero attached hydrogens (tertiary/aromatic N) is 4. The third-order valence-electron chi connectivity index (χ3n) is 4.27. The molecular formula is C22H19N5. The van der Waals surface area contributed by atoms with Crippen LogP contribution in [0.3, 0.4) is 0 Å². The van der Waals surface area contributed by atoms with E-state index in [1.807, 2.05) is 72.8 Å². The van der Waals surface area contributed by atoms with Crippen molar-refractivity contribution in [1.82, 2.24) is 25.3 Å². The van der Waals surface area contributed by atoms with Crippen molar-refractivity contribution < 1.29 is 0 Å². The molecule has 0 amide bonds. The van der Waals surface area contributed by atoms with Crippen LogP contribution in [0.25, 0.3) is 0 Å². The van der Waals surface area contributed by atoms with Gasteiger partial charge in [-0.1, -0.05) is 24.3 Å². The van der Waals surface area contributed by atoms with Crippen molar-refractivity contribution in [2.75, 3.05) is 0 Å². The van der Waals surface area contributed by atoms with Gasteiger partial charge in [0.05, 0.1) is 34.9 Å². The van der Waals surface area contributed by atoms with Crippen LogP contribution in [0.2, 0.25) is 0 Å². The minimum atomic E-state index is -0.193. The molecule has 0 aliphatic rings. The van der Waals surface area contributed by atoms with Gasteiger partial charge in [0.1, 0.15) is 0 Å². The Labute approximate surface area is 158 Å². The Morgan fingerprint density at radius 1 is 0.444 bits per heavy atom. The summed E-state index contributed by atoms with van der Waals surface area (Å²) in [5.41, 5.74) is 3.59. The van der Waals surface area contributed by atoms with E-state index in [1.165, 1.54) is 0 Å². The summed E-state index contributed by atoms with van der Waals surface area (Å²) in [7, 11) is 0. The van der Waals surface area contributed by atoms with Gasteiger partial charge in [0, 0.05) is 24.8 Å². The predicted octanol–water partition coefficient (Wildman–Crippen LogP) is 3.74. The maximum atomic E-state index is 4.55. The molecule has 5 nitrogen and oxygen atoms in total. The van der Waals surface area contributed by atoms with E-state index in [9.17, 15) is 0 Å². The normalized spacial score (nSPS) is 11.0. The maximum absolute atomic E-state index is 4.55. The molecule has 0 fully saturated rings. The van der Waals surface area contributed by atoms with E-state index in [0.29, 0.717) is 0 Å². The lowest BCUT2D eigenvalue weighted by Crippen LogP contribution is -2.30. The lowest BCUT2D eigenvalue weighted by molar-refractivity contribution is 0.506. The highest BCUT2D eigenvalue weighted by atomic mass is 15.0. The van der Waals surface area contributed by atoms with Crippen LogP contribution in [0.4, 0.5) is 0 Å². The van der Waals surface area contributed by atoms with Crippen LogP contribution in [-0.4, -0.2) is 19.9 Å². The number of hydrogen-bond acceptors (Lipinski definition) is 5. The molecule has 0 aliphatic heterocycles. The van der Waals surface area contributed by atoms with Gasteiger partial charge in [0.2, 0.25) is 0 Å². The summed E-state index contributed by atoms with van der Waals surface area (Å²) in [5.74, 6) is 0. The highest BCUT2D eigenvalue weighted by molar-refractivity contribution is 5.27. The zero-order chi connectivity index (χ0) is 18.3. The molecule has 0 atom stereocenters. The van der Waals surface area contributed by atoms with E-state index in [4.69, 9.17) is 0 Å². The first-order valence-electron chi connectivity index (χ1n) is 8.81. The summed E-state index contributed by atoms with van der Waals surface area (Å²) in [4.78, 5) is 18.2. The van der Waals surface area contributed by atoms with Crippen LogP contribution in [0.15, 0.2) is 97.6 Å². The summed E-state index contributed by atoms with van der Waals surface area (Å²) in [6, 6.07) is 23.2. The molecule has 132 valence electrons. The van der Waals surface area contributed by atoms with E-state index in [-0.39, 0.29) is 12.1 Å². The number of hydrogen-bond donors (Lipinski definition) is 1. The molecule has 0 radical (unpaired) electrons. The van der Waals surface area contributed by atoms with Gasteiger partial charge >= 0.3 is 0 Å². The topological polar surface area (TPSA) is 63.6 Å². The quantitative estimate of drug-likeness (QED) is 0.572. The zero-order valence-corrected chi connectivity index (χ0v) is 14.7. The molecule has 0 spiro atoms. The standard InChI is InChI=1S/C22H19N5/c1-5-13-23-17(9-1)21(18-10-2-6-14-24-18)27-22(19-11-3-7-15-25-19)20-12-4-8-16-26-20/h1-16,21-22,27H. The minimum absolute atomic E-state index is 0.193. The Bertz CT molecular complexity index is 787. The molecule has 1 N–H and O–H groups in total. The number of rotatable bonds is 6. The molecule has 0 bridgehead atoms. The highest BCUT2D eigenvalue weighted by Crippen LogP contribution is 2.26. The summed E-state index contributed by atoms with van der Waals surface area (Å²) < 4.78 is 0. The predicted molar refractivity (Wildman–Crippen MR) is 104 cm³/mol. The Morgan fingerprint density at radius 2 is 0.741 bits per heavy atom.